The van der Waals surface area contributed by atoms with Crippen LogP contribution in [0.4, 0.5) is 10.1 Å². The van der Waals surface area contributed by atoms with E-state index in [1.54, 1.807) is 37.4 Å². The summed E-state index contributed by atoms with van der Waals surface area (Å²) in [4.78, 5) is 12.0. The van der Waals surface area contributed by atoms with Crippen LogP contribution in [0.3, 0.4) is 0 Å². The highest BCUT2D eigenvalue weighted by molar-refractivity contribution is 6.30. The summed E-state index contributed by atoms with van der Waals surface area (Å²) < 4.78 is 23.7. The molecule has 0 aliphatic heterocycles. The van der Waals surface area contributed by atoms with E-state index >= 15 is 0 Å². The summed E-state index contributed by atoms with van der Waals surface area (Å²) >= 11 is 5.88. The molecule has 0 fully saturated rings. The Morgan fingerprint density at radius 3 is 2.58 bits per heavy atom. The number of hydrogen-bond donors (Lipinski definition) is 1. The van der Waals surface area contributed by atoms with Gasteiger partial charge >= 0.3 is 0 Å². The van der Waals surface area contributed by atoms with Crippen LogP contribution >= 0.6 is 11.6 Å². The fraction of sp³-hybridized carbons (Fsp3) is 0.278. The minimum absolute atomic E-state index is 0.200. The molecular formula is C18H19ClFNO3. The number of nitrogens with one attached hydrogen (secondary N) is 1. The summed E-state index contributed by atoms with van der Waals surface area (Å²) in [6, 6.07) is 11.2. The predicted molar refractivity (Wildman–Crippen MR) is 92.8 cm³/mol. The largest absolute Gasteiger partial charge is 0.382 e. The first-order valence-electron chi connectivity index (χ1n) is 7.52. The van der Waals surface area contributed by atoms with Crippen molar-refractivity contribution >= 4 is 23.2 Å². The van der Waals surface area contributed by atoms with Gasteiger partial charge in [-0.05, 0) is 35.9 Å². The average molecular weight is 352 g/mol. The molecule has 0 aromatic heterocycles. The molecule has 1 amide bonds. The van der Waals surface area contributed by atoms with Gasteiger partial charge in [0.2, 0.25) is 5.91 Å². The lowest BCUT2D eigenvalue weighted by molar-refractivity contribution is -0.117. The zero-order valence-electron chi connectivity index (χ0n) is 13.4. The van der Waals surface area contributed by atoms with Gasteiger partial charge in [0.25, 0.3) is 0 Å². The monoisotopic (exact) mass is 351 g/mol. The Balaban J connectivity index is 2.04. The Hall–Kier alpha value is -1.95. The third kappa shape index (κ3) is 5.60. The lowest BCUT2D eigenvalue weighted by atomic mass is 10.0. The number of carbonyl (C=O) groups excluding carboxylic acids is 1. The van der Waals surface area contributed by atoms with Gasteiger partial charge in [-0.25, -0.2) is 4.39 Å². The topological polar surface area (TPSA) is 47.6 Å². The van der Waals surface area contributed by atoms with Crippen molar-refractivity contribution < 1.29 is 18.7 Å². The fourth-order valence-electron chi connectivity index (χ4n) is 2.12. The molecule has 0 unspecified atom stereocenters. The van der Waals surface area contributed by atoms with E-state index in [-0.39, 0.29) is 18.1 Å². The minimum atomic E-state index is -0.374. The number of rotatable bonds is 8. The van der Waals surface area contributed by atoms with E-state index in [0.717, 1.165) is 5.56 Å². The third-order valence-corrected chi connectivity index (χ3v) is 3.57. The molecule has 0 bridgehead atoms. The molecule has 0 atom stereocenters. The van der Waals surface area contributed by atoms with Crippen molar-refractivity contribution in [3.63, 3.8) is 0 Å². The second-order valence-electron chi connectivity index (χ2n) is 5.10. The standard InChI is InChI=1S/C18H19ClFNO3/c1-23-10-11-24-9-8-18(22)21-17-7-6-15(20)12-16(17)13-2-4-14(19)5-3-13/h2-7,12H,8-11H2,1H3,(H,21,22). The molecule has 0 aliphatic carbocycles. The van der Waals surface area contributed by atoms with Crippen molar-refractivity contribution in [3.05, 3.63) is 53.3 Å². The maximum Gasteiger partial charge on any atom is 0.226 e. The lowest BCUT2D eigenvalue weighted by Crippen LogP contribution is -2.15. The van der Waals surface area contributed by atoms with Crippen molar-refractivity contribution in [1.29, 1.82) is 0 Å². The molecule has 128 valence electrons. The SMILES string of the molecule is COCCOCCC(=O)Nc1ccc(F)cc1-c1ccc(Cl)cc1. The Kier molecular flexibility index (Phi) is 7.18. The van der Waals surface area contributed by atoms with Gasteiger partial charge in [-0.15, -0.1) is 0 Å². The Labute approximate surface area is 145 Å². The van der Waals surface area contributed by atoms with E-state index in [1.165, 1.54) is 12.1 Å². The van der Waals surface area contributed by atoms with Crippen molar-refractivity contribution in [2.75, 3.05) is 32.2 Å². The van der Waals surface area contributed by atoms with E-state index in [0.29, 0.717) is 36.1 Å². The van der Waals surface area contributed by atoms with Gasteiger partial charge < -0.3 is 14.8 Å². The average Bonchev–Trinajstić information content (AvgIpc) is 2.57. The van der Waals surface area contributed by atoms with E-state index in [9.17, 15) is 9.18 Å². The van der Waals surface area contributed by atoms with Crippen LogP contribution in [0, 0.1) is 5.82 Å². The summed E-state index contributed by atoms with van der Waals surface area (Å²) in [5, 5.41) is 3.38. The van der Waals surface area contributed by atoms with Crippen molar-refractivity contribution in [1.82, 2.24) is 0 Å². The summed E-state index contributed by atoms with van der Waals surface area (Å²) in [5.74, 6) is -0.574. The van der Waals surface area contributed by atoms with Crippen molar-refractivity contribution in [2.45, 2.75) is 6.42 Å². The van der Waals surface area contributed by atoms with E-state index in [2.05, 4.69) is 5.32 Å². The van der Waals surface area contributed by atoms with Gasteiger partial charge in [-0.2, -0.15) is 0 Å². The number of amides is 1. The molecule has 0 saturated heterocycles. The van der Waals surface area contributed by atoms with Gasteiger partial charge in [0.15, 0.2) is 0 Å². The number of ether oxygens (including phenoxy) is 2. The molecule has 0 spiro atoms. The molecule has 4 nitrogen and oxygen atoms in total. The normalized spacial score (nSPS) is 10.6. The number of halogens is 2. The van der Waals surface area contributed by atoms with Crippen LogP contribution in [0.5, 0.6) is 0 Å². The fourth-order valence-corrected chi connectivity index (χ4v) is 2.24. The highest BCUT2D eigenvalue weighted by Crippen LogP contribution is 2.30. The van der Waals surface area contributed by atoms with Crippen LogP contribution in [-0.4, -0.2) is 32.8 Å². The predicted octanol–water partition coefficient (Wildman–Crippen LogP) is 4.14. The zero-order chi connectivity index (χ0) is 17.4. The molecule has 2 aromatic carbocycles. The summed E-state index contributed by atoms with van der Waals surface area (Å²) in [6.45, 7) is 1.23. The van der Waals surface area contributed by atoms with Crippen molar-refractivity contribution in [3.8, 4) is 11.1 Å². The molecule has 2 aromatic rings. The highest BCUT2D eigenvalue weighted by Gasteiger charge is 2.10. The van der Waals surface area contributed by atoms with Crippen LogP contribution in [-0.2, 0) is 14.3 Å². The van der Waals surface area contributed by atoms with Gasteiger partial charge in [-0.1, -0.05) is 23.7 Å². The number of methoxy groups -OCH3 is 1. The smallest absolute Gasteiger partial charge is 0.226 e. The van der Waals surface area contributed by atoms with Crippen LogP contribution in [0.25, 0.3) is 11.1 Å². The van der Waals surface area contributed by atoms with E-state index < -0.39 is 0 Å². The molecule has 0 saturated carbocycles. The molecule has 2 rings (SSSR count). The zero-order valence-corrected chi connectivity index (χ0v) is 14.1. The summed E-state index contributed by atoms with van der Waals surface area (Å²) in [5.41, 5.74) is 1.91. The second-order valence-corrected chi connectivity index (χ2v) is 5.54. The molecule has 0 heterocycles. The van der Waals surface area contributed by atoms with Gasteiger partial charge in [0, 0.05) is 23.4 Å². The Morgan fingerprint density at radius 2 is 1.88 bits per heavy atom. The second kappa shape index (κ2) is 9.37. The molecule has 6 heteroatoms. The molecular weight excluding hydrogens is 333 g/mol. The number of benzene rings is 2. The van der Waals surface area contributed by atoms with Gasteiger partial charge in [0.1, 0.15) is 5.82 Å². The quantitative estimate of drug-likeness (QED) is 0.727. The van der Waals surface area contributed by atoms with Crippen LogP contribution in [0.2, 0.25) is 5.02 Å². The maximum absolute atomic E-state index is 13.6. The van der Waals surface area contributed by atoms with Crippen LogP contribution in [0.1, 0.15) is 6.42 Å². The van der Waals surface area contributed by atoms with Crippen LogP contribution < -0.4 is 5.32 Å². The minimum Gasteiger partial charge on any atom is -0.382 e. The third-order valence-electron chi connectivity index (χ3n) is 3.32. The number of hydrogen-bond acceptors (Lipinski definition) is 3. The Bertz CT molecular complexity index is 676. The molecule has 0 aliphatic rings. The molecule has 1 N–H and O–H groups in total. The molecule has 0 radical (unpaired) electrons. The maximum atomic E-state index is 13.6. The highest BCUT2D eigenvalue weighted by atomic mass is 35.5. The Morgan fingerprint density at radius 1 is 1.12 bits per heavy atom. The molecule has 24 heavy (non-hydrogen) atoms. The lowest BCUT2D eigenvalue weighted by Gasteiger charge is -2.12. The van der Waals surface area contributed by atoms with E-state index in [4.69, 9.17) is 21.1 Å². The van der Waals surface area contributed by atoms with Gasteiger partial charge in [0.05, 0.1) is 26.2 Å². The van der Waals surface area contributed by atoms with E-state index in [1.807, 2.05) is 0 Å². The first-order chi connectivity index (χ1) is 11.6. The summed E-state index contributed by atoms with van der Waals surface area (Å²) in [6.07, 6.45) is 0.209. The first-order valence-corrected chi connectivity index (χ1v) is 7.90. The first kappa shape index (κ1) is 18.4. The van der Waals surface area contributed by atoms with Gasteiger partial charge in [-0.3, -0.25) is 4.79 Å². The van der Waals surface area contributed by atoms with Crippen LogP contribution in [0.15, 0.2) is 42.5 Å². The number of anilines is 1. The number of carbonyl (C=O) groups is 1. The van der Waals surface area contributed by atoms with Crippen molar-refractivity contribution in [2.24, 2.45) is 0 Å². The summed E-state index contributed by atoms with van der Waals surface area (Å²) in [7, 11) is 1.59.